The van der Waals surface area contributed by atoms with Crippen molar-refractivity contribution in [2.24, 2.45) is 5.73 Å². The number of nitrogens with zero attached hydrogens (tertiary/aromatic N) is 2. The predicted molar refractivity (Wildman–Crippen MR) is 110 cm³/mol. The van der Waals surface area contributed by atoms with E-state index in [1.165, 1.54) is 17.2 Å². The van der Waals surface area contributed by atoms with Crippen molar-refractivity contribution in [3.05, 3.63) is 51.5 Å². The minimum Gasteiger partial charge on any atom is -0.349 e. The van der Waals surface area contributed by atoms with Crippen molar-refractivity contribution in [2.45, 2.75) is 13.0 Å². The summed E-state index contributed by atoms with van der Waals surface area (Å²) in [5, 5.41) is 0.776. The molecule has 0 aliphatic heterocycles. The molecule has 2 rings (SSSR count). The maximum Gasteiger partial charge on any atom is 0.238 e. The van der Waals surface area contributed by atoms with Crippen LogP contribution in [0, 0.1) is 0 Å². The monoisotopic (exact) mass is 428 g/mol. The van der Waals surface area contributed by atoms with E-state index in [1.807, 2.05) is 6.07 Å². The van der Waals surface area contributed by atoms with Crippen LogP contribution in [-0.2, 0) is 27.8 Å². The van der Waals surface area contributed by atoms with Crippen LogP contribution in [0.1, 0.15) is 16.0 Å². The number of hydrogen-bond acceptors (Lipinski definition) is 6. The average molecular weight is 429 g/mol. The lowest BCUT2D eigenvalue weighted by molar-refractivity contribution is -0.127. The Labute approximate surface area is 167 Å². The van der Waals surface area contributed by atoms with Gasteiger partial charge in [-0.3, -0.25) is 9.52 Å². The van der Waals surface area contributed by atoms with E-state index in [2.05, 4.69) is 9.71 Å². The van der Waals surface area contributed by atoms with E-state index in [9.17, 15) is 13.2 Å². The van der Waals surface area contributed by atoms with Crippen LogP contribution in [-0.4, -0.2) is 44.1 Å². The number of sulfonamides is 1. The highest BCUT2D eigenvalue weighted by atomic mass is 35.5. The van der Waals surface area contributed by atoms with Crippen LogP contribution in [0.15, 0.2) is 30.5 Å². The maximum atomic E-state index is 12.2. The third kappa shape index (κ3) is 6.31. The number of benzene rings is 1. The van der Waals surface area contributed by atoms with Crippen molar-refractivity contribution in [1.29, 1.82) is 0 Å². The predicted octanol–water partition coefficient (Wildman–Crippen LogP) is 2.34. The molecule has 146 valence electrons. The molecule has 27 heavy (non-hydrogen) atoms. The number of halogens is 1. The first-order chi connectivity index (χ1) is 12.7. The Bertz CT molecular complexity index is 939. The van der Waals surface area contributed by atoms with Gasteiger partial charge in [-0.1, -0.05) is 35.9 Å². The molecule has 0 radical (unpaired) electrons. The van der Waals surface area contributed by atoms with Crippen molar-refractivity contribution >= 4 is 50.1 Å². The van der Waals surface area contributed by atoms with Crippen LogP contribution in [0.25, 0.3) is 6.08 Å². The normalized spacial score (nSPS) is 11.7. The third-order valence-corrected chi connectivity index (χ3v) is 6.12. The summed E-state index contributed by atoms with van der Waals surface area (Å²) in [5.74, 6) is -0.303. The van der Waals surface area contributed by atoms with Crippen molar-refractivity contribution in [3.63, 3.8) is 0 Å². The molecule has 10 heteroatoms. The molecule has 0 aliphatic carbocycles. The third-order valence-electron chi connectivity index (χ3n) is 3.59. The molecule has 0 unspecified atom stereocenters. The highest BCUT2D eigenvalue weighted by molar-refractivity contribution is 7.93. The Morgan fingerprint density at radius 1 is 1.41 bits per heavy atom. The Morgan fingerprint density at radius 2 is 2.15 bits per heavy atom. The summed E-state index contributed by atoms with van der Waals surface area (Å²) in [5.41, 5.74) is 7.22. The Kier molecular flexibility index (Phi) is 7.37. The zero-order chi connectivity index (χ0) is 20.0. The zero-order valence-electron chi connectivity index (χ0n) is 15.0. The molecule has 1 amide bonds. The summed E-state index contributed by atoms with van der Waals surface area (Å²) in [7, 11) is -0.290. The molecule has 0 aliphatic rings. The topological polar surface area (TPSA) is 105 Å². The lowest BCUT2D eigenvalue weighted by Crippen LogP contribution is -2.23. The van der Waals surface area contributed by atoms with Gasteiger partial charge in [-0.15, -0.1) is 11.3 Å². The first kappa shape index (κ1) is 21.4. The fourth-order valence-corrected chi connectivity index (χ4v) is 4.38. The van der Waals surface area contributed by atoms with Crippen LogP contribution >= 0.6 is 22.9 Å². The van der Waals surface area contributed by atoms with Crippen molar-refractivity contribution in [1.82, 2.24) is 9.88 Å². The summed E-state index contributed by atoms with van der Waals surface area (Å²) in [6, 6.07) is 5.33. The van der Waals surface area contributed by atoms with Gasteiger partial charge in [0, 0.05) is 36.7 Å². The first-order valence-electron chi connectivity index (χ1n) is 8.01. The number of carbonyl (C=O) groups excluding carboxylic acids is 1. The molecule has 0 fully saturated rings. The summed E-state index contributed by atoms with van der Waals surface area (Å²) in [4.78, 5) is 17.9. The average Bonchev–Trinajstić information content (AvgIpc) is 3.00. The zero-order valence-corrected chi connectivity index (χ0v) is 17.4. The van der Waals surface area contributed by atoms with Gasteiger partial charge in [0.25, 0.3) is 0 Å². The standard InChI is InChI=1S/C17H21ClN4O3S2/c1-22(2)16(23)9-13-11-20-17(26-13)21-27(24,25)8-4-6-12-5-3-7-15(18)14(12)10-19/h3-7,11H,8-10,19H2,1-2H3,(H,20,21). The number of likely N-dealkylation sites (N-methyl/N-ethyl adjacent to an activating group) is 1. The lowest BCUT2D eigenvalue weighted by Gasteiger charge is -2.08. The Hall–Kier alpha value is -1.94. The van der Waals surface area contributed by atoms with Gasteiger partial charge >= 0.3 is 0 Å². The van der Waals surface area contributed by atoms with Gasteiger partial charge in [0.15, 0.2) is 5.13 Å². The molecule has 2 aromatic rings. The summed E-state index contributed by atoms with van der Waals surface area (Å²) in [6.07, 6.45) is 4.88. The van der Waals surface area contributed by atoms with Crippen LogP contribution in [0.2, 0.25) is 5.02 Å². The number of amides is 1. The molecule has 7 nitrogen and oxygen atoms in total. The quantitative estimate of drug-likeness (QED) is 0.671. The Balaban J connectivity index is 2.01. The van der Waals surface area contributed by atoms with Crippen molar-refractivity contribution in [2.75, 3.05) is 24.6 Å². The SMILES string of the molecule is CN(C)C(=O)Cc1cnc(NS(=O)(=O)CC=Cc2cccc(Cl)c2CN)s1. The highest BCUT2D eigenvalue weighted by Crippen LogP contribution is 2.22. The molecule has 0 bridgehead atoms. The molecule has 3 N–H and O–H groups in total. The molecular formula is C17H21ClN4O3S2. The van der Waals surface area contributed by atoms with E-state index < -0.39 is 10.0 Å². The smallest absolute Gasteiger partial charge is 0.238 e. The fraction of sp³-hybridized carbons (Fsp3) is 0.294. The van der Waals surface area contributed by atoms with E-state index in [4.69, 9.17) is 17.3 Å². The van der Waals surface area contributed by atoms with E-state index in [0.717, 1.165) is 22.5 Å². The van der Waals surface area contributed by atoms with Gasteiger partial charge in [-0.05, 0) is 17.2 Å². The molecule has 0 spiro atoms. The fourth-order valence-electron chi connectivity index (χ4n) is 2.17. The van der Waals surface area contributed by atoms with Crippen LogP contribution in [0.4, 0.5) is 5.13 Å². The maximum absolute atomic E-state index is 12.2. The molecule has 0 saturated carbocycles. The number of anilines is 1. The van der Waals surface area contributed by atoms with Crippen molar-refractivity contribution in [3.8, 4) is 0 Å². The van der Waals surface area contributed by atoms with Crippen molar-refractivity contribution < 1.29 is 13.2 Å². The number of aromatic nitrogens is 1. The van der Waals surface area contributed by atoms with Gasteiger partial charge in [-0.2, -0.15) is 0 Å². The molecule has 0 atom stereocenters. The first-order valence-corrected chi connectivity index (χ1v) is 10.9. The van der Waals surface area contributed by atoms with Gasteiger partial charge < -0.3 is 10.6 Å². The van der Waals surface area contributed by atoms with Crippen LogP contribution < -0.4 is 10.5 Å². The van der Waals surface area contributed by atoms with Crippen LogP contribution in [0.3, 0.4) is 0 Å². The summed E-state index contributed by atoms with van der Waals surface area (Å²) in [6.45, 7) is 0.262. The molecule has 0 saturated heterocycles. The number of rotatable bonds is 8. The van der Waals surface area contributed by atoms with E-state index in [1.54, 1.807) is 32.3 Å². The van der Waals surface area contributed by atoms with E-state index >= 15 is 0 Å². The molecular weight excluding hydrogens is 408 g/mol. The second-order valence-electron chi connectivity index (χ2n) is 5.89. The lowest BCUT2D eigenvalue weighted by atomic mass is 10.1. The second-order valence-corrected chi connectivity index (χ2v) is 9.18. The largest absolute Gasteiger partial charge is 0.349 e. The van der Waals surface area contributed by atoms with Gasteiger partial charge in [0.1, 0.15) is 0 Å². The molecule has 1 heterocycles. The number of thiazole rings is 1. The number of nitrogens with one attached hydrogen (secondary N) is 1. The second kappa shape index (κ2) is 9.32. The molecule has 1 aromatic heterocycles. The van der Waals surface area contributed by atoms with E-state index in [0.29, 0.717) is 9.90 Å². The minimum atomic E-state index is -3.61. The Morgan fingerprint density at radius 3 is 2.81 bits per heavy atom. The van der Waals surface area contributed by atoms with Gasteiger partial charge in [0.2, 0.25) is 15.9 Å². The number of hydrogen-bond donors (Lipinski definition) is 2. The summed E-state index contributed by atoms with van der Waals surface area (Å²) < 4.78 is 26.9. The number of carbonyl (C=O) groups is 1. The number of nitrogens with two attached hydrogens (primary N) is 1. The van der Waals surface area contributed by atoms with Gasteiger partial charge in [-0.25, -0.2) is 13.4 Å². The highest BCUT2D eigenvalue weighted by Gasteiger charge is 2.14. The summed E-state index contributed by atoms with van der Waals surface area (Å²) >= 11 is 7.22. The molecule has 1 aromatic carbocycles. The van der Waals surface area contributed by atoms with Gasteiger partial charge in [0.05, 0.1) is 12.2 Å². The van der Waals surface area contributed by atoms with E-state index in [-0.39, 0.29) is 29.8 Å². The van der Waals surface area contributed by atoms with Crippen LogP contribution in [0.5, 0.6) is 0 Å². The minimum absolute atomic E-state index is 0.0757.